The van der Waals surface area contributed by atoms with Gasteiger partial charge in [0.1, 0.15) is 0 Å². The summed E-state index contributed by atoms with van der Waals surface area (Å²) in [4.78, 5) is 0. The molecule has 0 aromatic heterocycles. The minimum atomic E-state index is -0.177. The highest BCUT2D eigenvalue weighted by Crippen LogP contribution is 2.23. The Balaban J connectivity index is 2.21. The summed E-state index contributed by atoms with van der Waals surface area (Å²) < 4.78 is 0. The number of hydrogen-bond acceptors (Lipinski definition) is 2. The lowest BCUT2D eigenvalue weighted by molar-refractivity contribution is 0.482. The first kappa shape index (κ1) is 12.1. The van der Waals surface area contributed by atoms with Gasteiger partial charge in [-0.05, 0) is 31.6 Å². The van der Waals surface area contributed by atoms with E-state index in [1.807, 2.05) is 31.7 Å². The molecule has 0 atom stereocenters. The van der Waals surface area contributed by atoms with Gasteiger partial charge in [0, 0.05) is 5.75 Å². The van der Waals surface area contributed by atoms with Crippen LogP contribution in [0.1, 0.15) is 25.8 Å². The number of hydrogen-bond donors (Lipinski definition) is 0. The zero-order valence-corrected chi connectivity index (χ0v) is 10.2. The van der Waals surface area contributed by atoms with Crippen LogP contribution in [0.2, 0.25) is 0 Å². The van der Waals surface area contributed by atoms with Crippen molar-refractivity contribution < 1.29 is 0 Å². The standard InChI is InChI=1S/C13H17NS/c1-13(2,11-14)8-9-15-10-12-6-4-3-5-7-12/h3-7H,8-10H2,1-2H3. The van der Waals surface area contributed by atoms with Crippen molar-refractivity contribution in [3.8, 4) is 6.07 Å². The molecule has 1 rings (SSSR count). The van der Waals surface area contributed by atoms with Crippen molar-refractivity contribution in [3.05, 3.63) is 35.9 Å². The van der Waals surface area contributed by atoms with Crippen molar-refractivity contribution in [2.45, 2.75) is 26.0 Å². The molecule has 80 valence electrons. The summed E-state index contributed by atoms with van der Waals surface area (Å²) in [5.74, 6) is 2.10. The third kappa shape index (κ3) is 4.90. The van der Waals surface area contributed by atoms with Crippen molar-refractivity contribution in [2.24, 2.45) is 5.41 Å². The predicted molar refractivity (Wildman–Crippen MR) is 66.6 cm³/mol. The second-order valence-corrected chi connectivity index (χ2v) is 5.39. The number of nitrogens with zero attached hydrogens (tertiary/aromatic N) is 1. The topological polar surface area (TPSA) is 23.8 Å². The third-order valence-corrected chi connectivity index (χ3v) is 3.32. The van der Waals surface area contributed by atoms with Crippen LogP contribution in [0.4, 0.5) is 0 Å². The molecule has 0 amide bonds. The molecule has 0 N–H and O–H groups in total. The van der Waals surface area contributed by atoms with Gasteiger partial charge >= 0.3 is 0 Å². The molecule has 15 heavy (non-hydrogen) atoms. The minimum Gasteiger partial charge on any atom is -0.198 e. The lowest BCUT2D eigenvalue weighted by Crippen LogP contribution is -2.08. The summed E-state index contributed by atoms with van der Waals surface area (Å²) in [6.07, 6.45) is 0.959. The maximum absolute atomic E-state index is 8.85. The lowest BCUT2D eigenvalue weighted by Gasteiger charge is -2.13. The predicted octanol–water partition coefficient (Wildman–Crippen LogP) is 3.86. The molecule has 0 bridgehead atoms. The summed E-state index contributed by atoms with van der Waals surface area (Å²) in [5.41, 5.74) is 1.18. The molecule has 1 nitrogen and oxygen atoms in total. The van der Waals surface area contributed by atoms with Crippen LogP contribution >= 0.6 is 11.8 Å². The first-order valence-electron chi connectivity index (χ1n) is 5.17. The van der Waals surface area contributed by atoms with E-state index in [2.05, 4.69) is 30.3 Å². The van der Waals surface area contributed by atoms with E-state index in [0.717, 1.165) is 17.9 Å². The molecule has 0 radical (unpaired) electrons. The molecule has 0 unspecified atom stereocenters. The van der Waals surface area contributed by atoms with E-state index < -0.39 is 0 Å². The van der Waals surface area contributed by atoms with Crippen molar-refractivity contribution in [1.82, 2.24) is 0 Å². The van der Waals surface area contributed by atoms with Gasteiger partial charge in [-0.2, -0.15) is 17.0 Å². The van der Waals surface area contributed by atoms with E-state index in [9.17, 15) is 0 Å². The summed E-state index contributed by atoms with van der Waals surface area (Å²) in [6.45, 7) is 3.99. The Bertz CT molecular complexity index is 324. The third-order valence-electron chi connectivity index (χ3n) is 2.29. The average molecular weight is 219 g/mol. The van der Waals surface area contributed by atoms with Gasteiger partial charge in [0.25, 0.3) is 0 Å². The van der Waals surface area contributed by atoms with Crippen LogP contribution in [-0.2, 0) is 5.75 Å². The van der Waals surface area contributed by atoms with E-state index >= 15 is 0 Å². The van der Waals surface area contributed by atoms with Gasteiger partial charge < -0.3 is 0 Å². The normalized spacial score (nSPS) is 11.0. The van der Waals surface area contributed by atoms with Crippen LogP contribution < -0.4 is 0 Å². The molecule has 0 aliphatic rings. The number of thioether (sulfide) groups is 1. The lowest BCUT2D eigenvalue weighted by atomic mass is 9.93. The monoisotopic (exact) mass is 219 g/mol. The second-order valence-electron chi connectivity index (χ2n) is 4.28. The van der Waals surface area contributed by atoms with Crippen LogP contribution in [-0.4, -0.2) is 5.75 Å². The molecule has 1 aromatic rings. The van der Waals surface area contributed by atoms with E-state index in [0.29, 0.717) is 0 Å². The smallest absolute Gasteiger partial charge is 0.0684 e. The van der Waals surface area contributed by atoms with Crippen molar-refractivity contribution >= 4 is 11.8 Å². The molecule has 0 fully saturated rings. The highest BCUT2D eigenvalue weighted by molar-refractivity contribution is 7.98. The summed E-state index contributed by atoms with van der Waals surface area (Å²) in [7, 11) is 0. The SMILES string of the molecule is CC(C)(C#N)CCSCc1ccccc1. The zero-order valence-electron chi connectivity index (χ0n) is 9.36. The molecular formula is C13H17NS. The Morgan fingerprint density at radius 1 is 1.27 bits per heavy atom. The molecular weight excluding hydrogens is 202 g/mol. The summed E-state index contributed by atoms with van der Waals surface area (Å²) >= 11 is 1.90. The van der Waals surface area contributed by atoms with Crippen molar-refractivity contribution in [2.75, 3.05) is 5.75 Å². The largest absolute Gasteiger partial charge is 0.198 e. The number of nitriles is 1. The maximum Gasteiger partial charge on any atom is 0.0684 e. The first-order chi connectivity index (χ1) is 7.14. The van der Waals surface area contributed by atoms with E-state index in [1.54, 1.807) is 0 Å². The van der Waals surface area contributed by atoms with Crippen molar-refractivity contribution in [3.63, 3.8) is 0 Å². The van der Waals surface area contributed by atoms with E-state index in [1.165, 1.54) is 5.56 Å². The summed E-state index contributed by atoms with van der Waals surface area (Å²) in [6, 6.07) is 12.8. The Morgan fingerprint density at radius 2 is 1.93 bits per heavy atom. The molecule has 0 spiro atoms. The minimum absolute atomic E-state index is 0.177. The molecule has 0 heterocycles. The summed E-state index contributed by atoms with van der Waals surface area (Å²) in [5, 5.41) is 8.85. The van der Waals surface area contributed by atoms with Gasteiger partial charge in [-0.3, -0.25) is 0 Å². The fraction of sp³-hybridized carbons (Fsp3) is 0.462. The molecule has 0 aliphatic carbocycles. The molecule has 0 saturated heterocycles. The molecule has 2 heteroatoms. The quantitative estimate of drug-likeness (QED) is 0.702. The van der Waals surface area contributed by atoms with Crippen LogP contribution in [0.15, 0.2) is 30.3 Å². The van der Waals surface area contributed by atoms with E-state index in [4.69, 9.17) is 5.26 Å². The van der Waals surface area contributed by atoms with Gasteiger partial charge in [-0.1, -0.05) is 30.3 Å². The van der Waals surface area contributed by atoms with Crippen LogP contribution in [0.3, 0.4) is 0 Å². The fourth-order valence-electron chi connectivity index (χ4n) is 1.15. The van der Waals surface area contributed by atoms with E-state index in [-0.39, 0.29) is 5.41 Å². The van der Waals surface area contributed by atoms with Gasteiger partial charge in [0.05, 0.1) is 11.5 Å². The Morgan fingerprint density at radius 3 is 2.53 bits per heavy atom. The number of rotatable bonds is 5. The molecule has 1 aromatic carbocycles. The van der Waals surface area contributed by atoms with Gasteiger partial charge in [-0.15, -0.1) is 0 Å². The highest BCUT2D eigenvalue weighted by Gasteiger charge is 2.15. The first-order valence-corrected chi connectivity index (χ1v) is 6.32. The second kappa shape index (κ2) is 5.82. The van der Waals surface area contributed by atoms with Crippen LogP contribution in [0.5, 0.6) is 0 Å². The van der Waals surface area contributed by atoms with Gasteiger partial charge in [0.2, 0.25) is 0 Å². The van der Waals surface area contributed by atoms with Crippen LogP contribution in [0, 0.1) is 16.7 Å². The van der Waals surface area contributed by atoms with Gasteiger partial charge in [0.15, 0.2) is 0 Å². The number of benzene rings is 1. The van der Waals surface area contributed by atoms with Gasteiger partial charge in [-0.25, -0.2) is 0 Å². The molecule has 0 saturated carbocycles. The zero-order chi connectivity index (χ0) is 11.1. The molecule has 0 aliphatic heterocycles. The fourth-order valence-corrected chi connectivity index (χ4v) is 2.37. The van der Waals surface area contributed by atoms with Crippen molar-refractivity contribution in [1.29, 1.82) is 5.26 Å². The highest BCUT2D eigenvalue weighted by atomic mass is 32.2. The van der Waals surface area contributed by atoms with Crippen LogP contribution in [0.25, 0.3) is 0 Å². The average Bonchev–Trinajstić information content (AvgIpc) is 2.26. The maximum atomic E-state index is 8.85. The Kier molecular flexibility index (Phi) is 4.71. The Hall–Kier alpha value is -0.940. The Labute approximate surface area is 96.5 Å².